The highest BCUT2D eigenvalue weighted by Crippen LogP contribution is 2.08. The monoisotopic (exact) mass is 220 g/mol. The largest absolute Gasteiger partial charge is 0.394 e. The van der Waals surface area contributed by atoms with Crippen molar-refractivity contribution < 1.29 is 20.1 Å². The highest BCUT2D eigenvalue weighted by Gasteiger charge is 2.01. The summed E-state index contributed by atoms with van der Waals surface area (Å²) < 4.78 is 0. The second kappa shape index (κ2) is 13.5. The van der Waals surface area contributed by atoms with Crippen LogP contribution in [0.1, 0.15) is 39.5 Å². The van der Waals surface area contributed by atoms with E-state index in [0.717, 1.165) is 19.1 Å². The fraction of sp³-hybridized carbons (Fsp3) is 0.909. The van der Waals surface area contributed by atoms with E-state index in [9.17, 15) is 4.79 Å². The number of aliphatic hydroxyl groups excluding tert-OH is 3. The lowest BCUT2D eigenvalue weighted by molar-refractivity contribution is -0.111. The summed E-state index contributed by atoms with van der Waals surface area (Å²) in [5, 5.41) is 24.0. The molecule has 0 bridgehead atoms. The van der Waals surface area contributed by atoms with E-state index in [-0.39, 0.29) is 13.2 Å². The van der Waals surface area contributed by atoms with Crippen LogP contribution in [0.5, 0.6) is 0 Å². The molecule has 92 valence electrons. The maximum atomic E-state index is 10.2. The lowest BCUT2D eigenvalue weighted by atomic mass is 10.0. The van der Waals surface area contributed by atoms with E-state index in [2.05, 4.69) is 13.8 Å². The first-order valence-electron chi connectivity index (χ1n) is 5.51. The van der Waals surface area contributed by atoms with Crippen LogP contribution in [0.3, 0.4) is 0 Å². The summed E-state index contributed by atoms with van der Waals surface area (Å²) in [7, 11) is 0. The van der Waals surface area contributed by atoms with Crippen LogP contribution in [0, 0.1) is 5.92 Å². The standard InChI is InChI=1S/C8H16O.C3H8O3/c1-3-5-6-8(4-2)7-9;4-1-3(6)2-5/h7-8H,3-6H2,1-2H3;3-6H,1-2H2. The average Bonchev–Trinajstić information content (AvgIpc) is 2.30. The van der Waals surface area contributed by atoms with Crippen LogP contribution in [-0.4, -0.2) is 40.9 Å². The molecule has 0 aliphatic rings. The van der Waals surface area contributed by atoms with E-state index >= 15 is 0 Å². The molecule has 1 atom stereocenters. The smallest absolute Gasteiger partial charge is 0.123 e. The minimum Gasteiger partial charge on any atom is -0.394 e. The lowest BCUT2D eigenvalue weighted by Gasteiger charge is -2.03. The second-order valence-corrected chi connectivity index (χ2v) is 3.47. The molecule has 0 aromatic rings. The molecule has 0 saturated heterocycles. The zero-order valence-electron chi connectivity index (χ0n) is 9.72. The van der Waals surface area contributed by atoms with E-state index in [1.165, 1.54) is 12.8 Å². The van der Waals surface area contributed by atoms with Crippen molar-refractivity contribution in [1.82, 2.24) is 0 Å². The van der Waals surface area contributed by atoms with Crippen molar-refractivity contribution >= 4 is 6.29 Å². The van der Waals surface area contributed by atoms with Gasteiger partial charge < -0.3 is 20.1 Å². The van der Waals surface area contributed by atoms with Crippen molar-refractivity contribution in [3.63, 3.8) is 0 Å². The Bertz CT molecular complexity index is 124. The van der Waals surface area contributed by atoms with Crippen molar-refractivity contribution in [2.75, 3.05) is 13.2 Å². The first kappa shape index (κ1) is 17.0. The third-order valence-electron chi connectivity index (χ3n) is 2.07. The maximum Gasteiger partial charge on any atom is 0.123 e. The predicted molar refractivity (Wildman–Crippen MR) is 59.5 cm³/mol. The molecule has 0 amide bonds. The Labute approximate surface area is 91.9 Å². The van der Waals surface area contributed by atoms with Gasteiger partial charge in [-0.1, -0.05) is 26.7 Å². The van der Waals surface area contributed by atoms with Crippen LogP contribution in [0.4, 0.5) is 0 Å². The predicted octanol–water partition coefficient (Wildman–Crippen LogP) is 0.734. The summed E-state index contributed by atoms with van der Waals surface area (Å²) in [6.07, 6.45) is 4.60. The summed E-state index contributed by atoms with van der Waals surface area (Å²) in [6.45, 7) is 3.49. The second-order valence-electron chi connectivity index (χ2n) is 3.47. The van der Waals surface area contributed by atoms with Gasteiger partial charge in [0.2, 0.25) is 0 Å². The molecule has 0 aromatic heterocycles. The van der Waals surface area contributed by atoms with Crippen LogP contribution in [0.25, 0.3) is 0 Å². The molecule has 0 rings (SSSR count). The summed E-state index contributed by atoms with van der Waals surface area (Å²) in [4.78, 5) is 10.2. The number of unbranched alkanes of at least 4 members (excludes halogenated alkanes) is 1. The van der Waals surface area contributed by atoms with Crippen molar-refractivity contribution in [2.24, 2.45) is 5.92 Å². The summed E-state index contributed by atoms with van der Waals surface area (Å²) >= 11 is 0. The van der Waals surface area contributed by atoms with Crippen molar-refractivity contribution in [3.8, 4) is 0 Å². The van der Waals surface area contributed by atoms with E-state index in [4.69, 9.17) is 15.3 Å². The van der Waals surface area contributed by atoms with Crippen molar-refractivity contribution in [1.29, 1.82) is 0 Å². The van der Waals surface area contributed by atoms with Crippen molar-refractivity contribution in [3.05, 3.63) is 0 Å². The Morgan fingerprint density at radius 1 is 1.20 bits per heavy atom. The van der Waals surface area contributed by atoms with Gasteiger partial charge in [0.1, 0.15) is 12.4 Å². The SMILES string of the molecule is CCCCC(C=O)CC.OCC(O)CO. The van der Waals surface area contributed by atoms with Gasteiger partial charge in [-0.15, -0.1) is 0 Å². The zero-order valence-corrected chi connectivity index (χ0v) is 9.72. The van der Waals surface area contributed by atoms with E-state index < -0.39 is 6.10 Å². The molecule has 0 heterocycles. The zero-order chi connectivity index (χ0) is 12.1. The van der Waals surface area contributed by atoms with Gasteiger partial charge in [0, 0.05) is 5.92 Å². The molecule has 0 aliphatic carbocycles. The molecule has 0 fully saturated rings. The van der Waals surface area contributed by atoms with Crippen LogP contribution in [0.2, 0.25) is 0 Å². The first-order chi connectivity index (χ1) is 7.15. The van der Waals surface area contributed by atoms with Crippen LogP contribution in [0.15, 0.2) is 0 Å². The van der Waals surface area contributed by atoms with Gasteiger partial charge >= 0.3 is 0 Å². The van der Waals surface area contributed by atoms with Crippen LogP contribution >= 0.6 is 0 Å². The van der Waals surface area contributed by atoms with Crippen LogP contribution in [-0.2, 0) is 4.79 Å². The molecule has 0 aliphatic heterocycles. The number of hydrogen-bond donors (Lipinski definition) is 3. The Kier molecular flexibility index (Phi) is 15.3. The molecular formula is C11H24O4. The minimum atomic E-state index is -0.954. The minimum absolute atomic E-state index is 0.324. The Morgan fingerprint density at radius 2 is 1.73 bits per heavy atom. The van der Waals surface area contributed by atoms with Gasteiger partial charge in [-0.3, -0.25) is 0 Å². The Hall–Kier alpha value is -0.450. The van der Waals surface area contributed by atoms with Crippen molar-refractivity contribution in [2.45, 2.75) is 45.6 Å². The van der Waals surface area contributed by atoms with Gasteiger partial charge in [0.05, 0.1) is 13.2 Å². The number of hydrogen-bond acceptors (Lipinski definition) is 4. The molecule has 0 aromatic carbocycles. The van der Waals surface area contributed by atoms with Gasteiger partial charge in [-0.2, -0.15) is 0 Å². The lowest BCUT2D eigenvalue weighted by Crippen LogP contribution is -2.15. The van der Waals surface area contributed by atoms with E-state index in [1.807, 2.05) is 0 Å². The highest BCUT2D eigenvalue weighted by molar-refractivity contribution is 5.53. The number of aldehydes is 1. The fourth-order valence-corrected chi connectivity index (χ4v) is 0.892. The molecular weight excluding hydrogens is 196 g/mol. The highest BCUT2D eigenvalue weighted by atomic mass is 16.3. The third kappa shape index (κ3) is 13.6. The van der Waals surface area contributed by atoms with E-state index in [1.54, 1.807) is 0 Å². The molecule has 3 N–H and O–H groups in total. The molecule has 4 heteroatoms. The van der Waals surface area contributed by atoms with E-state index in [0.29, 0.717) is 5.92 Å². The summed E-state index contributed by atoms with van der Waals surface area (Å²) in [5.41, 5.74) is 0. The molecule has 0 radical (unpaired) electrons. The maximum absolute atomic E-state index is 10.2. The topological polar surface area (TPSA) is 77.8 Å². The molecule has 15 heavy (non-hydrogen) atoms. The average molecular weight is 220 g/mol. The third-order valence-corrected chi connectivity index (χ3v) is 2.07. The first-order valence-corrected chi connectivity index (χ1v) is 5.51. The summed E-state index contributed by atoms with van der Waals surface area (Å²) in [5.74, 6) is 0.324. The molecule has 0 saturated carbocycles. The number of aliphatic hydroxyl groups is 3. The normalized spacial score (nSPS) is 11.9. The Morgan fingerprint density at radius 3 is 1.93 bits per heavy atom. The van der Waals surface area contributed by atoms with Crippen LogP contribution < -0.4 is 0 Å². The van der Waals surface area contributed by atoms with Gasteiger partial charge in [0.15, 0.2) is 0 Å². The number of carbonyl (C=O) groups is 1. The summed E-state index contributed by atoms with van der Waals surface area (Å²) in [6, 6.07) is 0. The van der Waals surface area contributed by atoms with Gasteiger partial charge in [-0.25, -0.2) is 0 Å². The van der Waals surface area contributed by atoms with Gasteiger partial charge in [0.25, 0.3) is 0 Å². The van der Waals surface area contributed by atoms with Gasteiger partial charge in [-0.05, 0) is 12.8 Å². The quantitative estimate of drug-likeness (QED) is 0.553. The Balaban J connectivity index is 0. The number of carbonyl (C=O) groups excluding carboxylic acids is 1. The molecule has 0 spiro atoms. The molecule has 4 nitrogen and oxygen atoms in total. The molecule has 1 unspecified atom stereocenters. The number of rotatable bonds is 7. The fourth-order valence-electron chi connectivity index (χ4n) is 0.892.